The molecule has 1 N–H and O–H groups in total. The average Bonchev–Trinajstić information content (AvgIpc) is 2.37. The number of morpholine rings is 1. The summed E-state index contributed by atoms with van der Waals surface area (Å²) in [5.74, 6) is 0.508. The number of ether oxygens (including phenoxy) is 2. The van der Waals surface area contributed by atoms with Crippen molar-refractivity contribution in [1.29, 1.82) is 0 Å². The number of nitrogens with one attached hydrogen (secondary N) is 1. The van der Waals surface area contributed by atoms with E-state index in [2.05, 4.69) is 10.2 Å². The molecule has 0 aromatic heterocycles. The van der Waals surface area contributed by atoms with Crippen molar-refractivity contribution in [3.63, 3.8) is 0 Å². The van der Waals surface area contributed by atoms with Crippen LogP contribution in [0.2, 0.25) is 5.02 Å². The van der Waals surface area contributed by atoms with Gasteiger partial charge in [-0.15, -0.1) is 0 Å². The highest BCUT2D eigenvalue weighted by atomic mass is 35.5. The minimum Gasteiger partial charge on any atom is -0.495 e. The highest BCUT2D eigenvalue weighted by Crippen LogP contribution is 2.27. The third kappa shape index (κ3) is 4.59. The second-order valence-corrected chi connectivity index (χ2v) is 5.78. The molecule has 0 aliphatic carbocycles. The second kappa shape index (κ2) is 7.11. The van der Waals surface area contributed by atoms with Crippen LogP contribution in [0.1, 0.15) is 13.8 Å². The van der Waals surface area contributed by atoms with Crippen LogP contribution in [0.25, 0.3) is 0 Å². The van der Waals surface area contributed by atoms with Gasteiger partial charge in [0.2, 0.25) is 5.91 Å². The van der Waals surface area contributed by atoms with Crippen LogP contribution in [-0.2, 0) is 9.53 Å². The zero-order valence-corrected chi connectivity index (χ0v) is 13.3. The Labute approximate surface area is 130 Å². The Morgan fingerprint density at radius 1 is 1.43 bits per heavy atom. The maximum atomic E-state index is 12.2. The lowest BCUT2D eigenvalue weighted by Crippen LogP contribution is -2.48. The van der Waals surface area contributed by atoms with Crippen molar-refractivity contribution in [2.45, 2.75) is 26.1 Å². The van der Waals surface area contributed by atoms with Crippen LogP contribution in [0.3, 0.4) is 0 Å². The number of hydrogen-bond acceptors (Lipinski definition) is 4. The van der Waals surface area contributed by atoms with Crippen molar-refractivity contribution in [2.24, 2.45) is 0 Å². The smallest absolute Gasteiger partial charge is 0.238 e. The first-order valence-electron chi connectivity index (χ1n) is 6.99. The predicted octanol–water partition coefficient (Wildman–Crippen LogP) is 2.40. The van der Waals surface area contributed by atoms with Gasteiger partial charge < -0.3 is 14.8 Å². The molecule has 1 fully saturated rings. The van der Waals surface area contributed by atoms with Gasteiger partial charge in [0, 0.05) is 18.1 Å². The summed E-state index contributed by atoms with van der Waals surface area (Å²) in [5.41, 5.74) is 0.587. The Balaban J connectivity index is 1.97. The van der Waals surface area contributed by atoms with Crippen LogP contribution in [0, 0.1) is 0 Å². The Kier molecular flexibility index (Phi) is 5.45. The SMILES string of the molecule is COc1ccc(Cl)cc1NC(=O)CN1C[C@@H](C)O[C@@H](C)C1. The summed E-state index contributed by atoms with van der Waals surface area (Å²) in [7, 11) is 1.56. The second-order valence-electron chi connectivity index (χ2n) is 5.34. The monoisotopic (exact) mass is 312 g/mol. The molecule has 2 atom stereocenters. The number of nitrogens with zero attached hydrogens (tertiary/aromatic N) is 1. The molecule has 1 aromatic carbocycles. The molecule has 0 saturated carbocycles. The van der Waals surface area contributed by atoms with Gasteiger partial charge in [-0.3, -0.25) is 9.69 Å². The quantitative estimate of drug-likeness (QED) is 0.927. The van der Waals surface area contributed by atoms with E-state index in [9.17, 15) is 4.79 Å². The zero-order chi connectivity index (χ0) is 15.4. The molecule has 0 unspecified atom stereocenters. The zero-order valence-electron chi connectivity index (χ0n) is 12.6. The topological polar surface area (TPSA) is 50.8 Å². The minimum atomic E-state index is -0.0862. The number of methoxy groups -OCH3 is 1. The molecule has 1 saturated heterocycles. The largest absolute Gasteiger partial charge is 0.495 e. The van der Waals surface area contributed by atoms with Gasteiger partial charge >= 0.3 is 0 Å². The molecule has 116 valence electrons. The van der Waals surface area contributed by atoms with Crippen molar-refractivity contribution in [2.75, 3.05) is 32.1 Å². The normalized spacial score (nSPS) is 22.9. The molecular formula is C15H21ClN2O3. The fourth-order valence-electron chi connectivity index (χ4n) is 2.58. The first-order valence-corrected chi connectivity index (χ1v) is 7.37. The van der Waals surface area contributed by atoms with E-state index < -0.39 is 0 Å². The van der Waals surface area contributed by atoms with Gasteiger partial charge in [-0.1, -0.05) is 11.6 Å². The number of halogens is 1. The highest BCUT2D eigenvalue weighted by Gasteiger charge is 2.23. The molecule has 0 spiro atoms. The Morgan fingerprint density at radius 3 is 2.71 bits per heavy atom. The number of carbonyl (C=O) groups is 1. The maximum absolute atomic E-state index is 12.2. The minimum absolute atomic E-state index is 0.0862. The van der Waals surface area contributed by atoms with Gasteiger partial charge in [0.1, 0.15) is 5.75 Å². The summed E-state index contributed by atoms with van der Waals surface area (Å²) in [6, 6.07) is 5.14. The van der Waals surface area contributed by atoms with Crippen molar-refractivity contribution >= 4 is 23.2 Å². The van der Waals surface area contributed by atoms with Gasteiger partial charge in [-0.05, 0) is 32.0 Å². The number of rotatable bonds is 4. The summed E-state index contributed by atoms with van der Waals surface area (Å²) in [4.78, 5) is 14.3. The Hall–Kier alpha value is -1.30. The summed E-state index contributed by atoms with van der Waals surface area (Å²) in [6.07, 6.45) is 0.282. The van der Waals surface area contributed by atoms with Gasteiger partial charge in [-0.2, -0.15) is 0 Å². The molecule has 1 aromatic rings. The van der Waals surface area contributed by atoms with E-state index in [-0.39, 0.29) is 18.1 Å². The van der Waals surface area contributed by atoms with Crippen molar-refractivity contribution in [3.05, 3.63) is 23.2 Å². The Morgan fingerprint density at radius 2 is 2.10 bits per heavy atom. The van der Waals surface area contributed by atoms with Crippen LogP contribution in [0.15, 0.2) is 18.2 Å². The number of hydrogen-bond donors (Lipinski definition) is 1. The van der Waals surface area contributed by atoms with E-state index in [0.717, 1.165) is 13.1 Å². The molecule has 5 nitrogen and oxygen atoms in total. The standard InChI is InChI=1S/C15H21ClN2O3/c1-10-7-18(8-11(2)21-10)9-15(19)17-13-6-12(16)4-5-14(13)20-3/h4-6,10-11H,7-9H2,1-3H3,(H,17,19)/t10-,11+. The van der Waals surface area contributed by atoms with Crippen LogP contribution in [0.5, 0.6) is 5.75 Å². The number of carbonyl (C=O) groups excluding carboxylic acids is 1. The van der Waals surface area contributed by atoms with Gasteiger partial charge in [0.25, 0.3) is 0 Å². The van der Waals surface area contributed by atoms with Gasteiger partial charge in [0.05, 0.1) is 31.5 Å². The highest BCUT2D eigenvalue weighted by molar-refractivity contribution is 6.31. The van der Waals surface area contributed by atoms with Crippen LogP contribution >= 0.6 is 11.6 Å². The van der Waals surface area contributed by atoms with E-state index in [1.165, 1.54) is 0 Å². The van der Waals surface area contributed by atoms with E-state index in [1.54, 1.807) is 25.3 Å². The molecule has 1 aliphatic rings. The fraction of sp³-hybridized carbons (Fsp3) is 0.533. The van der Waals surface area contributed by atoms with Gasteiger partial charge in [-0.25, -0.2) is 0 Å². The molecule has 0 radical (unpaired) electrons. The molecule has 1 heterocycles. The molecule has 1 amide bonds. The van der Waals surface area contributed by atoms with E-state index in [1.807, 2.05) is 13.8 Å². The Bertz CT molecular complexity index is 500. The fourth-order valence-corrected chi connectivity index (χ4v) is 2.76. The van der Waals surface area contributed by atoms with E-state index >= 15 is 0 Å². The molecule has 6 heteroatoms. The number of benzene rings is 1. The maximum Gasteiger partial charge on any atom is 0.238 e. The van der Waals surface area contributed by atoms with E-state index in [0.29, 0.717) is 23.0 Å². The molecule has 0 bridgehead atoms. The lowest BCUT2D eigenvalue weighted by molar-refractivity contribution is -0.121. The van der Waals surface area contributed by atoms with Gasteiger partial charge in [0.15, 0.2) is 0 Å². The number of amides is 1. The lowest BCUT2D eigenvalue weighted by atomic mass is 10.2. The molecule has 2 rings (SSSR count). The first kappa shape index (κ1) is 16.1. The third-order valence-corrected chi connectivity index (χ3v) is 3.53. The number of anilines is 1. The summed E-state index contributed by atoms with van der Waals surface area (Å²) >= 11 is 5.95. The first-order chi connectivity index (χ1) is 9.97. The molecular weight excluding hydrogens is 292 g/mol. The van der Waals surface area contributed by atoms with E-state index in [4.69, 9.17) is 21.1 Å². The summed E-state index contributed by atoms with van der Waals surface area (Å²) in [6.45, 7) is 5.86. The summed E-state index contributed by atoms with van der Waals surface area (Å²) in [5, 5.41) is 3.40. The van der Waals surface area contributed by atoms with Crippen LogP contribution in [-0.4, -0.2) is 49.8 Å². The predicted molar refractivity (Wildman–Crippen MR) is 83.1 cm³/mol. The summed E-state index contributed by atoms with van der Waals surface area (Å²) < 4.78 is 10.9. The van der Waals surface area contributed by atoms with Crippen LogP contribution < -0.4 is 10.1 Å². The van der Waals surface area contributed by atoms with Crippen molar-refractivity contribution < 1.29 is 14.3 Å². The van der Waals surface area contributed by atoms with Crippen LogP contribution in [0.4, 0.5) is 5.69 Å². The average molecular weight is 313 g/mol. The lowest BCUT2D eigenvalue weighted by Gasteiger charge is -2.34. The van der Waals surface area contributed by atoms with Crippen molar-refractivity contribution in [1.82, 2.24) is 4.90 Å². The van der Waals surface area contributed by atoms with Crippen molar-refractivity contribution in [3.8, 4) is 5.75 Å². The third-order valence-electron chi connectivity index (χ3n) is 3.30. The molecule has 1 aliphatic heterocycles. The molecule has 21 heavy (non-hydrogen) atoms.